The van der Waals surface area contributed by atoms with Crippen LogP contribution in [0, 0.1) is 26.7 Å². The molecule has 25 heavy (non-hydrogen) atoms. The van der Waals surface area contributed by atoms with Crippen LogP contribution in [0.4, 0.5) is 0 Å². The maximum Gasteiger partial charge on any atom is 0.224 e. The fourth-order valence-electron chi connectivity index (χ4n) is 3.40. The fraction of sp³-hybridized carbons (Fsp3) is 0.500. The van der Waals surface area contributed by atoms with E-state index in [1.165, 1.54) is 11.1 Å². The quantitative estimate of drug-likeness (QED) is 0.904. The van der Waals surface area contributed by atoms with E-state index < -0.39 is 0 Å². The van der Waals surface area contributed by atoms with Crippen LogP contribution in [0.25, 0.3) is 0 Å². The van der Waals surface area contributed by atoms with Crippen molar-refractivity contribution in [1.82, 2.24) is 10.5 Å². The van der Waals surface area contributed by atoms with E-state index in [2.05, 4.69) is 41.7 Å². The molecule has 0 radical (unpaired) electrons. The van der Waals surface area contributed by atoms with Gasteiger partial charge in [0.1, 0.15) is 5.76 Å². The molecule has 2 aromatic rings. The molecule has 1 aromatic carbocycles. The molecule has 1 aliphatic rings. The lowest BCUT2D eigenvalue weighted by Gasteiger charge is -2.32. The summed E-state index contributed by atoms with van der Waals surface area (Å²) in [5, 5.41) is 6.97. The number of benzene rings is 1. The van der Waals surface area contributed by atoms with Gasteiger partial charge < -0.3 is 14.6 Å². The fourth-order valence-corrected chi connectivity index (χ4v) is 3.40. The molecular weight excluding hydrogens is 316 g/mol. The molecule has 3 rings (SSSR count). The largest absolute Gasteiger partial charge is 0.373 e. The Hall–Kier alpha value is -2.14. The number of amides is 1. The molecule has 1 fully saturated rings. The Kier molecular flexibility index (Phi) is 5.53. The minimum absolute atomic E-state index is 0.00243. The van der Waals surface area contributed by atoms with Crippen LogP contribution in [0.5, 0.6) is 0 Å². The first-order chi connectivity index (χ1) is 12.0. The van der Waals surface area contributed by atoms with Crippen molar-refractivity contribution in [3.8, 4) is 0 Å². The van der Waals surface area contributed by atoms with Gasteiger partial charge in [-0.15, -0.1) is 0 Å². The molecule has 0 spiro atoms. The number of aryl methyl sites for hydroxylation is 3. The maximum absolute atomic E-state index is 12.3. The van der Waals surface area contributed by atoms with Crippen LogP contribution < -0.4 is 5.32 Å². The van der Waals surface area contributed by atoms with Gasteiger partial charge in [0.15, 0.2) is 0 Å². The molecule has 0 aliphatic carbocycles. The second kappa shape index (κ2) is 7.83. The molecule has 0 unspecified atom stereocenters. The molecule has 1 N–H and O–H groups in total. The zero-order chi connectivity index (χ0) is 17.8. The van der Waals surface area contributed by atoms with E-state index in [1.54, 1.807) is 0 Å². The first-order valence-electron chi connectivity index (χ1n) is 8.91. The zero-order valence-electron chi connectivity index (χ0n) is 15.2. The normalized spacial score (nSPS) is 20.4. The summed E-state index contributed by atoms with van der Waals surface area (Å²) < 4.78 is 11.1. The minimum Gasteiger partial charge on any atom is -0.373 e. The summed E-state index contributed by atoms with van der Waals surface area (Å²) in [5.74, 6) is 1.01. The van der Waals surface area contributed by atoms with E-state index in [9.17, 15) is 4.79 Å². The lowest BCUT2D eigenvalue weighted by atomic mass is 9.89. The average Bonchev–Trinajstić information content (AvgIpc) is 2.93. The molecule has 1 saturated heterocycles. The highest BCUT2D eigenvalue weighted by Gasteiger charge is 2.28. The molecule has 5 heteroatoms. The summed E-state index contributed by atoms with van der Waals surface area (Å²) in [4.78, 5) is 12.3. The second-order valence-electron chi connectivity index (χ2n) is 6.89. The summed E-state index contributed by atoms with van der Waals surface area (Å²) >= 11 is 0. The van der Waals surface area contributed by atoms with E-state index in [0.717, 1.165) is 30.7 Å². The van der Waals surface area contributed by atoms with Crippen molar-refractivity contribution in [2.24, 2.45) is 5.92 Å². The summed E-state index contributed by atoms with van der Waals surface area (Å²) in [5.41, 5.74) is 4.10. The van der Waals surface area contributed by atoms with Gasteiger partial charge in [-0.05, 0) is 39.2 Å². The second-order valence-corrected chi connectivity index (χ2v) is 6.89. The number of aromatic nitrogens is 1. The van der Waals surface area contributed by atoms with Gasteiger partial charge in [0.2, 0.25) is 5.91 Å². The first-order valence-corrected chi connectivity index (χ1v) is 8.91. The van der Waals surface area contributed by atoms with Crippen molar-refractivity contribution >= 4 is 5.91 Å². The monoisotopic (exact) mass is 342 g/mol. The van der Waals surface area contributed by atoms with Crippen molar-refractivity contribution in [2.75, 3.05) is 13.2 Å². The summed E-state index contributed by atoms with van der Waals surface area (Å²) in [7, 11) is 0. The smallest absolute Gasteiger partial charge is 0.224 e. The molecule has 1 amide bonds. The van der Waals surface area contributed by atoms with E-state index >= 15 is 0 Å². The third-order valence-corrected chi connectivity index (χ3v) is 4.93. The maximum atomic E-state index is 12.3. The van der Waals surface area contributed by atoms with Crippen LogP contribution in [-0.2, 0) is 16.0 Å². The zero-order valence-corrected chi connectivity index (χ0v) is 15.2. The third kappa shape index (κ3) is 4.28. The highest BCUT2D eigenvalue weighted by atomic mass is 16.5. The number of rotatable bonds is 5. The van der Waals surface area contributed by atoms with Crippen LogP contribution in [0.1, 0.15) is 47.1 Å². The lowest BCUT2D eigenvalue weighted by Crippen LogP contribution is -2.35. The molecule has 1 aromatic heterocycles. The number of carbonyl (C=O) groups excluding carboxylic acids is 1. The first kappa shape index (κ1) is 17.7. The van der Waals surface area contributed by atoms with Crippen molar-refractivity contribution in [2.45, 2.75) is 46.1 Å². The molecule has 5 nitrogen and oxygen atoms in total. The number of hydrogen-bond acceptors (Lipinski definition) is 4. The summed E-state index contributed by atoms with van der Waals surface area (Å²) in [6, 6.07) is 8.48. The van der Waals surface area contributed by atoms with Crippen LogP contribution in [-0.4, -0.2) is 24.2 Å². The van der Waals surface area contributed by atoms with Crippen molar-refractivity contribution in [3.63, 3.8) is 0 Å². The van der Waals surface area contributed by atoms with Gasteiger partial charge in [0.05, 0.1) is 18.2 Å². The Morgan fingerprint density at radius 3 is 2.68 bits per heavy atom. The lowest BCUT2D eigenvalue weighted by molar-refractivity contribution is -0.121. The van der Waals surface area contributed by atoms with Gasteiger partial charge in [-0.1, -0.05) is 35.0 Å². The Labute approximate surface area is 148 Å². The highest BCUT2D eigenvalue weighted by Crippen LogP contribution is 2.33. The van der Waals surface area contributed by atoms with Gasteiger partial charge in [0.25, 0.3) is 0 Å². The molecule has 1 aliphatic heterocycles. The van der Waals surface area contributed by atoms with Crippen LogP contribution >= 0.6 is 0 Å². The SMILES string of the molecule is Cc1ccc([C@H]2OCCC[C@@H]2CNC(=O)Cc2c(C)noc2C)cc1. The number of nitrogens with one attached hydrogen (secondary N) is 1. The summed E-state index contributed by atoms with van der Waals surface area (Å²) in [6.45, 7) is 7.19. The van der Waals surface area contributed by atoms with Crippen LogP contribution in [0.15, 0.2) is 28.8 Å². The summed E-state index contributed by atoms with van der Waals surface area (Å²) in [6.07, 6.45) is 2.45. The van der Waals surface area contributed by atoms with Crippen LogP contribution in [0.3, 0.4) is 0 Å². The van der Waals surface area contributed by atoms with Gasteiger partial charge in [-0.2, -0.15) is 0 Å². The minimum atomic E-state index is 0.00243. The topological polar surface area (TPSA) is 64.4 Å². The number of ether oxygens (including phenoxy) is 1. The van der Waals surface area contributed by atoms with E-state index in [-0.39, 0.29) is 12.0 Å². The predicted octanol–water partition coefficient (Wildman–Crippen LogP) is 3.43. The molecule has 134 valence electrons. The number of hydrogen-bond donors (Lipinski definition) is 1. The number of nitrogens with zero attached hydrogens (tertiary/aromatic N) is 1. The van der Waals surface area contributed by atoms with Crippen LogP contribution in [0.2, 0.25) is 0 Å². The van der Waals surface area contributed by atoms with Gasteiger partial charge in [0, 0.05) is 24.6 Å². The van der Waals surface area contributed by atoms with Gasteiger partial charge >= 0.3 is 0 Å². The molecule has 0 saturated carbocycles. The van der Waals surface area contributed by atoms with Crippen molar-refractivity contribution < 1.29 is 14.1 Å². The Morgan fingerprint density at radius 2 is 2.00 bits per heavy atom. The standard InChI is InChI=1S/C20H26N2O3/c1-13-6-8-16(9-7-13)20-17(5-4-10-24-20)12-21-19(23)11-18-14(2)22-25-15(18)3/h6-9,17,20H,4-5,10-12H2,1-3H3,(H,21,23)/t17-,20-/m1/s1. The molecular formula is C20H26N2O3. The molecule has 2 atom stereocenters. The van der Waals surface area contributed by atoms with Crippen molar-refractivity contribution in [3.05, 3.63) is 52.4 Å². The van der Waals surface area contributed by atoms with E-state index in [1.807, 2.05) is 13.8 Å². The number of carbonyl (C=O) groups is 1. The Balaban J connectivity index is 1.60. The Bertz CT molecular complexity index is 702. The molecule has 0 bridgehead atoms. The van der Waals surface area contributed by atoms with E-state index in [0.29, 0.717) is 24.6 Å². The highest BCUT2D eigenvalue weighted by molar-refractivity contribution is 5.79. The predicted molar refractivity (Wildman–Crippen MR) is 95.3 cm³/mol. The van der Waals surface area contributed by atoms with Gasteiger partial charge in [-0.3, -0.25) is 4.79 Å². The Morgan fingerprint density at radius 1 is 1.24 bits per heavy atom. The van der Waals surface area contributed by atoms with Crippen molar-refractivity contribution in [1.29, 1.82) is 0 Å². The third-order valence-electron chi connectivity index (χ3n) is 4.93. The van der Waals surface area contributed by atoms with E-state index in [4.69, 9.17) is 9.26 Å². The average molecular weight is 342 g/mol. The molecule has 2 heterocycles. The van der Waals surface area contributed by atoms with Gasteiger partial charge in [-0.25, -0.2) is 0 Å².